The molecule has 0 aromatic carbocycles. The van der Waals surface area contributed by atoms with E-state index in [0.29, 0.717) is 10.7 Å². The third kappa shape index (κ3) is 2.08. The van der Waals surface area contributed by atoms with Gasteiger partial charge in [0.1, 0.15) is 16.3 Å². The second-order valence-electron chi connectivity index (χ2n) is 4.37. The number of hydrogen-bond donors (Lipinski definition) is 1. The number of nitriles is 1. The number of fused-ring (bicyclic) bond motifs is 1. The fourth-order valence-electron chi connectivity index (χ4n) is 1.95. The monoisotopic (exact) mass is 282 g/mol. The molecule has 1 unspecified atom stereocenters. The van der Waals surface area contributed by atoms with Crippen LogP contribution in [0.25, 0.3) is 11.0 Å². The number of carbonyl (C=O) groups is 1. The van der Waals surface area contributed by atoms with E-state index in [1.54, 1.807) is 12.3 Å². The lowest BCUT2D eigenvalue weighted by molar-refractivity contribution is 0.0974. The number of nitrogens with one attached hydrogen (secondary N) is 1. The first-order valence-electron chi connectivity index (χ1n) is 5.99. The van der Waals surface area contributed by atoms with E-state index in [9.17, 15) is 10.1 Å². The molecule has 0 radical (unpaired) electrons. The summed E-state index contributed by atoms with van der Waals surface area (Å²) in [6.45, 7) is 1.84. The van der Waals surface area contributed by atoms with Crippen molar-refractivity contribution >= 4 is 28.2 Å². The molecule has 1 atom stereocenters. The minimum absolute atomic E-state index is 0.277. The highest BCUT2D eigenvalue weighted by molar-refractivity contribution is 7.10. The Kier molecular flexibility index (Phi) is 3.05. The maximum atomic E-state index is 12.4. The lowest BCUT2D eigenvalue weighted by Gasteiger charge is -2.04. The first-order chi connectivity index (χ1) is 9.69. The van der Waals surface area contributed by atoms with Crippen LogP contribution in [0.3, 0.4) is 0 Å². The number of aromatic amines is 1. The summed E-state index contributed by atoms with van der Waals surface area (Å²) in [6, 6.07) is 7.35. The van der Waals surface area contributed by atoms with Crippen LogP contribution < -0.4 is 0 Å². The maximum Gasteiger partial charge on any atom is 0.205 e. The second kappa shape index (κ2) is 4.87. The first kappa shape index (κ1) is 12.5. The highest BCUT2D eigenvalue weighted by atomic mass is 32.1. The van der Waals surface area contributed by atoms with Crippen molar-refractivity contribution in [1.29, 1.82) is 5.26 Å². The zero-order valence-electron chi connectivity index (χ0n) is 10.6. The normalized spacial score (nSPS) is 12.2. The largest absolute Gasteiger partial charge is 0.346 e. The van der Waals surface area contributed by atoms with Crippen molar-refractivity contribution in [3.8, 4) is 6.07 Å². The summed E-state index contributed by atoms with van der Waals surface area (Å²) in [5.41, 5.74) is 1.73. The number of aryl methyl sites for hydroxylation is 1. The van der Waals surface area contributed by atoms with Crippen molar-refractivity contribution in [2.45, 2.75) is 12.8 Å². The lowest BCUT2D eigenvalue weighted by atomic mass is 10.0. The zero-order chi connectivity index (χ0) is 14.1. The third-order valence-corrected chi connectivity index (χ3v) is 3.96. The molecule has 3 aromatic rings. The standard InChI is InChI=1S/C14H10N4OS/c1-8-7-20-14(17-8)10(6-15)12(19)11-3-2-9-4-5-16-13(9)18-11/h2-5,7,10H,1H3,(H,16,18). The molecule has 3 rings (SSSR count). The van der Waals surface area contributed by atoms with E-state index >= 15 is 0 Å². The van der Waals surface area contributed by atoms with Gasteiger partial charge in [0.25, 0.3) is 0 Å². The van der Waals surface area contributed by atoms with Gasteiger partial charge in [-0.15, -0.1) is 11.3 Å². The van der Waals surface area contributed by atoms with E-state index in [-0.39, 0.29) is 11.5 Å². The lowest BCUT2D eigenvalue weighted by Crippen LogP contribution is -2.12. The highest BCUT2D eigenvalue weighted by Crippen LogP contribution is 2.24. The van der Waals surface area contributed by atoms with E-state index in [1.807, 2.05) is 30.5 Å². The highest BCUT2D eigenvalue weighted by Gasteiger charge is 2.25. The van der Waals surface area contributed by atoms with Gasteiger partial charge >= 0.3 is 0 Å². The number of carbonyl (C=O) groups excluding carboxylic acids is 1. The molecule has 6 heteroatoms. The second-order valence-corrected chi connectivity index (χ2v) is 5.26. The average molecular weight is 282 g/mol. The Morgan fingerprint density at radius 1 is 1.40 bits per heavy atom. The molecule has 0 amide bonds. The topological polar surface area (TPSA) is 82.4 Å². The van der Waals surface area contributed by atoms with Crippen LogP contribution in [0, 0.1) is 18.3 Å². The van der Waals surface area contributed by atoms with Crippen molar-refractivity contribution < 1.29 is 4.79 Å². The van der Waals surface area contributed by atoms with Crippen LogP contribution in [-0.2, 0) is 0 Å². The molecule has 0 fully saturated rings. The number of ketones is 1. The summed E-state index contributed by atoms with van der Waals surface area (Å²) in [6.07, 6.45) is 1.76. The van der Waals surface area contributed by atoms with Crippen molar-refractivity contribution in [3.05, 3.63) is 46.2 Å². The number of pyridine rings is 1. The number of rotatable bonds is 3. The van der Waals surface area contributed by atoms with Crippen LogP contribution in [0.4, 0.5) is 0 Å². The van der Waals surface area contributed by atoms with Crippen molar-refractivity contribution in [2.75, 3.05) is 0 Å². The van der Waals surface area contributed by atoms with Gasteiger partial charge in [-0.2, -0.15) is 5.26 Å². The van der Waals surface area contributed by atoms with Crippen LogP contribution in [-0.4, -0.2) is 20.7 Å². The Bertz CT molecular complexity index is 827. The Morgan fingerprint density at radius 3 is 2.95 bits per heavy atom. The number of H-pyrrole nitrogens is 1. The minimum atomic E-state index is -0.895. The molecule has 0 saturated heterocycles. The molecular weight excluding hydrogens is 272 g/mol. The van der Waals surface area contributed by atoms with Crippen LogP contribution in [0.5, 0.6) is 0 Å². The van der Waals surface area contributed by atoms with Gasteiger partial charge in [0.05, 0.1) is 6.07 Å². The van der Waals surface area contributed by atoms with Crippen LogP contribution >= 0.6 is 11.3 Å². The summed E-state index contributed by atoms with van der Waals surface area (Å²) in [5, 5.41) is 12.5. The number of Topliss-reactive ketones (excluding diaryl/α,β-unsaturated/α-hetero) is 1. The molecule has 3 aromatic heterocycles. The van der Waals surface area contributed by atoms with Gasteiger partial charge in [0, 0.05) is 22.7 Å². The van der Waals surface area contributed by atoms with Gasteiger partial charge < -0.3 is 4.98 Å². The fraction of sp³-hybridized carbons (Fsp3) is 0.143. The summed E-state index contributed by atoms with van der Waals surface area (Å²) in [4.78, 5) is 23.9. The van der Waals surface area contributed by atoms with Gasteiger partial charge in [-0.3, -0.25) is 4.79 Å². The first-order valence-corrected chi connectivity index (χ1v) is 6.87. The predicted octanol–water partition coefficient (Wildman–Crippen LogP) is 2.82. The van der Waals surface area contributed by atoms with Crippen LogP contribution in [0.15, 0.2) is 29.8 Å². The van der Waals surface area contributed by atoms with E-state index in [4.69, 9.17) is 0 Å². The van der Waals surface area contributed by atoms with E-state index < -0.39 is 5.92 Å². The van der Waals surface area contributed by atoms with Gasteiger partial charge in [-0.05, 0) is 25.1 Å². The van der Waals surface area contributed by atoms with Crippen molar-refractivity contribution in [1.82, 2.24) is 15.0 Å². The Balaban J connectivity index is 1.99. The van der Waals surface area contributed by atoms with Gasteiger partial charge in [-0.1, -0.05) is 0 Å². The molecular formula is C14H10N4OS. The average Bonchev–Trinajstić information content (AvgIpc) is 3.07. The molecule has 0 aliphatic heterocycles. The zero-order valence-corrected chi connectivity index (χ0v) is 11.4. The molecule has 0 aliphatic rings. The molecule has 0 saturated carbocycles. The van der Waals surface area contributed by atoms with Crippen molar-refractivity contribution in [3.63, 3.8) is 0 Å². The molecule has 0 aliphatic carbocycles. The number of thiazole rings is 1. The number of nitrogens with zero attached hydrogens (tertiary/aromatic N) is 3. The summed E-state index contributed by atoms with van der Waals surface area (Å²) >= 11 is 1.32. The van der Waals surface area contributed by atoms with Gasteiger partial charge in [0.15, 0.2) is 5.92 Å². The van der Waals surface area contributed by atoms with E-state index in [2.05, 4.69) is 15.0 Å². The molecule has 0 spiro atoms. The van der Waals surface area contributed by atoms with Gasteiger partial charge in [0.2, 0.25) is 5.78 Å². The van der Waals surface area contributed by atoms with Crippen LogP contribution in [0.2, 0.25) is 0 Å². The number of hydrogen-bond acceptors (Lipinski definition) is 5. The Labute approximate surface area is 118 Å². The quantitative estimate of drug-likeness (QED) is 0.749. The summed E-state index contributed by atoms with van der Waals surface area (Å²) in [7, 11) is 0. The van der Waals surface area contributed by atoms with E-state index in [0.717, 1.165) is 11.1 Å². The molecule has 0 bridgehead atoms. The SMILES string of the molecule is Cc1csc(C(C#N)C(=O)c2ccc3cc[nH]c3n2)n1. The third-order valence-electron chi connectivity index (χ3n) is 2.94. The molecule has 20 heavy (non-hydrogen) atoms. The summed E-state index contributed by atoms with van der Waals surface area (Å²) in [5.74, 6) is -1.22. The van der Waals surface area contributed by atoms with E-state index in [1.165, 1.54) is 11.3 Å². The molecule has 1 N–H and O–H groups in total. The molecule has 5 nitrogen and oxygen atoms in total. The molecule has 3 heterocycles. The smallest absolute Gasteiger partial charge is 0.205 e. The van der Waals surface area contributed by atoms with Crippen LogP contribution in [0.1, 0.15) is 27.1 Å². The fourth-order valence-corrected chi connectivity index (χ4v) is 2.78. The van der Waals surface area contributed by atoms with Gasteiger partial charge in [-0.25, -0.2) is 9.97 Å². The maximum absolute atomic E-state index is 12.4. The number of aromatic nitrogens is 3. The Morgan fingerprint density at radius 2 is 2.25 bits per heavy atom. The Hall–Kier alpha value is -2.52. The minimum Gasteiger partial charge on any atom is -0.346 e. The van der Waals surface area contributed by atoms with Crippen molar-refractivity contribution in [2.24, 2.45) is 0 Å². The predicted molar refractivity (Wildman–Crippen MR) is 75.6 cm³/mol. The molecule has 98 valence electrons. The summed E-state index contributed by atoms with van der Waals surface area (Å²) < 4.78 is 0.